The first-order valence-electron chi connectivity index (χ1n) is 19.4. The predicted molar refractivity (Wildman–Crippen MR) is 206 cm³/mol. The summed E-state index contributed by atoms with van der Waals surface area (Å²) in [5, 5.41) is 32.9. The molecule has 2 aromatic carbocycles. The van der Waals surface area contributed by atoms with Crippen LogP contribution in [0, 0.1) is 35.3 Å². The van der Waals surface area contributed by atoms with E-state index >= 15 is 8.78 Å². The van der Waals surface area contributed by atoms with E-state index in [1.54, 1.807) is 18.9 Å². The van der Waals surface area contributed by atoms with Crippen LogP contribution in [0.25, 0.3) is 32.9 Å². The Labute approximate surface area is 324 Å². The van der Waals surface area contributed by atoms with Crippen molar-refractivity contribution in [1.82, 2.24) is 19.9 Å². The highest BCUT2D eigenvalue weighted by molar-refractivity contribution is 6.04. The number of nitrogens with zero attached hydrogens (tertiary/aromatic N) is 5. The average molecular weight is 774 g/mol. The van der Waals surface area contributed by atoms with Gasteiger partial charge in [-0.15, -0.1) is 6.42 Å². The number of methoxy groups -OCH3 is 2. The molecule has 0 spiro atoms. The monoisotopic (exact) mass is 773 g/mol. The van der Waals surface area contributed by atoms with E-state index in [4.69, 9.17) is 30.4 Å². The molecule has 0 bridgehead atoms. The number of aliphatic hydroxyl groups excluding tert-OH is 1. The Kier molecular flexibility index (Phi) is 10.4. The molecule has 2 saturated heterocycles. The Balaban J connectivity index is 1.25. The van der Waals surface area contributed by atoms with E-state index in [0.717, 1.165) is 58.0 Å². The number of aromatic nitrogens is 3. The molecule has 2 aromatic heterocycles. The predicted octanol–water partition coefficient (Wildman–Crippen LogP) is 5.21. The number of aromatic hydroxyl groups is 1. The summed E-state index contributed by atoms with van der Waals surface area (Å²) in [6.45, 7) is 3.71. The Bertz CT molecular complexity index is 2180. The molecular formula is C42H49F2N5O7. The number of likely N-dealkylation sites (tertiary alicyclic amines) is 1. The topological polar surface area (TPSA) is 143 Å². The van der Waals surface area contributed by atoms with Gasteiger partial charge in [-0.05, 0) is 81.5 Å². The molecule has 2 aliphatic carbocycles. The van der Waals surface area contributed by atoms with Crippen LogP contribution in [-0.4, -0.2) is 119 Å². The van der Waals surface area contributed by atoms with Crippen LogP contribution in [0.1, 0.15) is 57.4 Å². The summed E-state index contributed by atoms with van der Waals surface area (Å²) in [6, 6.07) is 5.59. The van der Waals surface area contributed by atoms with Crippen LogP contribution in [0.4, 0.5) is 14.6 Å². The zero-order valence-corrected chi connectivity index (χ0v) is 32.1. The lowest BCUT2D eigenvalue weighted by molar-refractivity contribution is -0.0528. The van der Waals surface area contributed by atoms with Gasteiger partial charge in [-0.3, -0.25) is 4.90 Å². The molecule has 56 heavy (non-hydrogen) atoms. The molecule has 14 heteroatoms. The largest absolute Gasteiger partial charge is 0.508 e. The number of phenols is 1. The minimum Gasteiger partial charge on any atom is -0.508 e. The number of terminal acetylenes is 1. The Hall–Kier alpha value is -4.39. The van der Waals surface area contributed by atoms with Crippen LogP contribution in [0.2, 0.25) is 0 Å². The fourth-order valence-electron chi connectivity index (χ4n) is 9.65. The number of aliphatic hydroxyl groups is 2. The molecule has 4 heterocycles. The highest BCUT2D eigenvalue weighted by Crippen LogP contribution is 2.49. The van der Waals surface area contributed by atoms with E-state index in [9.17, 15) is 15.3 Å². The van der Waals surface area contributed by atoms with Crippen LogP contribution in [-0.2, 0) is 9.47 Å². The number of β-amino-alcohol motifs (C(OH)–C–C–N with tert-alkyl or cyclic N) is 1. The fourth-order valence-corrected chi connectivity index (χ4v) is 9.65. The number of hydrogen-bond acceptors (Lipinski definition) is 12. The summed E-state index contributed by atoms with van der Waals surface area (Å²) in [6.07, 6.45) is 12.7. The number of halogens is 2. The quantitative estimate of drug-likeness (QED) is 0.182. The lowest BCUT2D eigenvalue weighted by atomic mass is 9.74. The number of piperidine rings is 1. The highest BCUT2D eigenvalue weighted by Gasteiger charge is 2.49. The number of anilines is 1. The molecule has 12 nitrogen and oxygen atoms in total. The van der Waals surface area contributed by atoms with Crippen LogP contribution >= 0.6 is 0 Å². The third-order valence-electron chi connectivity index (χ3n) is 12.4. The van der Waals surface area contributed by atoms with Crippen molar-refractivity contribution in [3.05, 3.63) is 41.5 Å². The first kappa shape index (κ1) is 38.5. The number of phenolic OH excluding ortho intramolecular Hbond substituents is 1. The van der Waals surface area contributed by atoms with Crippen molar-refractivity contribution in [3.63, 3.8) is 0 Å². The third kappa shape index (κ3) is 6.98. The van der Waals surface area contributed by atoms with Gasteiger partial charge in [0, 0.05) is 42.6 Å². The fraction of sp³-hybridized carbons (Fsp3) is 0.548. The number of hydrogen-bond donors (Lipinski definition) is 3. The first-order chi connectivity index (χ1) is 27.0. The highest BCUT2D eigenvalue weighted by atomic mass is 19.1. The maximum atomic E-state index is 17.4. The second-order valence-corrected chi connectivity index (χ2v) is 16.3. The van der Waals surface area contributed by atoms with Crippen molar-refractivity contribution < 1.29 is 43.0 Å². The second kappa shape index (κ2) is 15.2. The average Bonchev–Trinajstić information content (AvgIpc) is 3.54. The molecule has 8 rings (SSSR count). The number of benzene rings is 2. The van der Waals surface area contributed by atoms with Gasteiger partial charge >= 0.3 is 6.01 Å². The van der Waals surface area contributed by atoms with E-state index in [1.807, 2.05) is 0 Å². The molecule has 0 amide bonds. The Morgan fingerprint density at radius 1 is 1.09 bits per heavy atom. The molecule has 2 aliphatic heterocycles. The normalized spacial score (nSPS) is 28.1. The molecular weight excluding hydrogens is 724 g/mol. The van der Waals surface area contributed by atoms with Gasteiger partial charge in [-0.25, -0.2) is 13.8 Å². The zero-order chi connectivity index (χ0) is 39.4. The van der Waals surface area contributed by atoms with E-state index in [0.29, 0.717) is 30.1 Å². The lowest BCUT2D eigenvalue weighted by Crippen LogP contribution is -2.54. The molecule has 3 N–H and O–H groups in total. The number of pyridine rings is 1. The standard InChI is InChI=1S/C42H49F2N5O7/c1-5-29-31(43)10-9-25-16-26(51)17-30(33(25)29)36-35(44)37-34(39(45-36)54-4)38(49-19-28(20-50)55-22-41(2,52)21-49)47-40(46-37)56-23-42-11-6-8-32(42)48(13-7-12-42)18-24-14-27(15-24)53-3/h1,9-10,16-17,24,27-28,32,50-52H,6-8,11-15,18-23H2,2-4H3. The zero-order valence-electron chi connectivity index (χ0n) is 32.1. The van der Waals surface area contributed by atoms with Gasteiger partial charge in [0.05, 0.1) is 51.2 Å². The van der Waals surface area contributed by atoms with E-state index in [1.165, 1.54) is 31.4 Å². The minimum atomic E-state index is -1.37. The third-order valence-corrected chi connectivity index (χ3v) is 12.4. The molecule has 4 aromatic rings. The van der Waals surface area contributed by atoms with Gasteiger partial charge in [-0.1, -0.05) is 18.4 Å². The summed E-state index contributed by atoms with van der Waals surface area (Å²) < 4.78 is 56.3. The number of fused-ring (bicyclic) bond motifs is 3. The van der Waals surface area contributed by atoms with Gasteiger partial charge in [0.2, 0.25) is 5.88 Å². The van der Waals surface area contributed by atoms with Gasteiger partial charge in [0.25, 0.3) is 0 Å². The summed E-state index contributed by atoms with van der Waals surface area (Å²) in [5.74, 6) is 1.29. The molecule has 2 saturated carbocycles. The van der Waals surface area contributed by atoms with Crippen LogP contribution in [0.15, 0.2) is 24.3 Å². The molecule has 4 unspecified atom stereocenters. The van der Waals surface area contributed by atoms with E-state index < -0.39 is 23.3 Å². The van der Waals surface area contributed by atoms with Crippen LogP contribution in [0.3, 0.4) is 0 Å². The van der Waals surface area contributed by atoms with Crippen molar-refractivity contribution in [3.8, 4) is 41.2 Å². The summed E-state index contributed by atoms with van der Waals surface area (Å²) in [4.78, 5) is 18.5. The smallest absolute Gasteiger partial charge is 0.319 e. The van der Waals surface area contributed by atoms with E-state index in [2.05, 4.69) is 20.8 Å². The van der Waals surface area contributed by atoms with Crippen LogP contribution < -0.4 is 14.4 Å². The first-order valence-corrected chi connectivity index (χ1v) is 19.4. The maximum Gasteiger partial charge on any atom is 0.319 e. The van der Waals surface area contributed by atoms with Gasteiger partial charge < -0.3 is 39.2 Å². The van der Waals surface area contributed by atoms with Crippen molar-refractivity contribution >= 4 is 27.5 Å². The maximum absolute atomic E-state index is 17.4. The van der Waals surface area contributed by atoms with Gasteiger partial charge in [0.1, 0.15) is 39.6 Å². The van der Waals surface area contributed by atoms with Crippen molar-refractivity contribution in [2.75, 3.05) is 65.1 Å². The van der Waals surface area contributed by atoms with Crippen molar-refractivity contribution in [2.24, 2.45) is 11.3 Å². The van der Waals surface area contributed by atoms with Gasteiger partial charge in [0.15, 0.2) is 5.82 Å². The summed E-state index contributed by atoms with van der Waals surface area (Å²) >= 11 is 0. The summed E-state index contributed by atoms with van der Waals surface area (Å²) in [7, 11) is 3.15. The Morgan fingerprint density at radius 2 is 1.89 bits per heavy atom. The number of rotatable bonds is 10. The Morgan fingerprint density at radius 3 is 2.64 bits per heavy atom. The lowest BCUT2D eigenvalue weighted by Gasteiger charge is -2.48. The SMILES string of the molecule is C#Cc1c(F)ccc2cc(O)cc(-c3nc(OC)c4c(N5CC(CO)OCC(C)(O)C5)nc(OCC56CCCC5N(CC5CC(OC)C5)CCC6)nc4c3F)c12. The van der Waals surface area contributed by atoms with Gasteiger partial charge in [-0.2, -0.15) is 9.97 Å². The molecule has 4 fully saturated rings. The molecule has 0 radical (unpaired) electrons. The number of ether oxygens (including phenoxy) is 4. The molecule has 4 atom stereocenters. The van der Waals surface area contributed by atoms with Crippen molar-refractivity contribution in [2.45, 2.75) is 75.7 Å². The minimum absolute atomic E-state index is 0.00957. The molecule has 4 aliphatic rings. The summed E-state index contributed by atoms with van der Waals surface area (Å²) in [5.41, 5.74) is -2.07. The van der Waals surface area contributed by atoms with E-state index in [-0.39, 0.29) is 88.3 Å². The molecule has 298 valence electrons. The second-order valence-electron chi connectivity index (χ2n) is 16.3. The van der Waals surface area contributed by atoms with Crippen LogP contribution in [0.5, 0.6) is 17.6 Å². The van der Waals surface area contributed by atoms with Crippen molar-refractivity contribution in [1.29, 1.82) is 0 Å².